The number of halogens is 2. The van der Waals surface area contributed by atoms with Crippen molar-refractivity contribution in [2.24, 2.45) is 5.92 Å². The average molecular weight is 529 g/mol. The van der Waals surface area contributed by atoms with E-state index in [9.17, 15) is 14.0 Å². The number of hydrogen-bond donors (Lipinski definition) is 0. The van der Waals surface area contributed by atoms with Gasteiger partial charge in [0.15, 0.2) is 0 Å². The van der Waals surface area contributed by atoms with Gasteiger partial charge in [0, 0.05) is 23.0 Å². The average Bonchev–Trinajstić information content (AvgIpc) is 3.35. The molecule has 0 bridgehead atoms. The van der Waals surface area contributed by atoms with Gasteiger partial charge in [-0.15, -0.1) is 11.3 Å². The van der Waals surface area contributed by atoms with E-state index in [1.54, 1.807) is 52.6 Å². The van der Waals surface area contributed by atoms with Gasteiger partial charge < -0.3 is 14.5 Å². The Morgan fingerprint density at radius 1 is 1.17 bits per heavy atom. The van der Waals surface area contributed by atoms with Crippen LogP contribution in [0.1, 0.15) is 47.1 Å². The summed E-state index contributed by atoms with van der Waals surface area (Å²) in [6.07, 6.45) is 1.47. The lowest BCUT2D eigenvalue weighted by molar-refractivity contribution is -0.135. The SMILES string of the molecule is CC(C)CCN(CC(=O)N1CCc2sccc2C1COc1ccc(Cl)cc1)C(=O)c1ccccc1F. The summed E-state index contributed by atoms with van der Waals surface area (Å²) in [7, 11) is 0. The minimum Gasteiger partial charge on any atom is -0.491 e. The highest BCUT2D eigenvalue weighted by molar-refractivity contribution is 7.10. The van der Waals surface area contributed by atoms with Gasteiger partial charge in [0.1, 0.15) is 24.7 Å². The van der Waals surface area contributed by atoms with Crippen molar-refractivity contribution in [3.8, 4) is 5.75 Å². The van der Waals surface area contributed by atoms with E-state index in [1.165, 1.54) is 21.9 Å². The number of carbonyl (C=O) groups is 2. The van der Waals surface area contributed by atoms with E-state index in [4.69, 9.17) is 16.3 Å². The van der Waals surface area contributed by atoms with Crippen molar-refractivity contribution >= 4 is 34.8 Å². The zero-order valence-corrected chi connectivity index (χ0v) is 22.0. The Morgan fingerprint density at radius 3 is 2.64 bits per heavy atom. The number of benzene rings is 2. The molecule has 5 nitrogen and oxygen atoms in total. The van der Waals surface area contributed by atoms with Crippen molar-refractivity contribution in [3.63, 3.8) is 0 Å². The largest absolute Gasteiger partial charge is 0.491 e. The molecule has 2 amide bonds. The molecule has 1 aliphatic rings. The fourth-order valence-corrected chi connectivity index (χ4v) is 5.36. The zero-order chi connectivity index (χ0) is 25.7. The molecule has 8 heteroatoms. The summed E-state index contributed by atoms with van der Waals surface area (Å²) in [5.74, 6) is -0.226. The van der Waals surface area contributed by atoms with Gasteiger partial charge in [-0.3, -0.25) is 9.59 Å². The zero-order valence-electron chi connectivity index (χ0n) is 20.5. The van der Waals surface area contributed by atoms with Crippen molar-refractivity contribution in [1.29, 1.82) is 0 Å². The fraction of sp³-hybridized carbons (Fsp3) is 0.357. The normalized spacial score (nSPS) is 15.0. The standard InChI is InChI=1S/C28H30ClFN2O3S/c1-19(2)11-14-31(28(34)22-5-3-4-6-24(22)30)17-27(33)32-15-12-26-23(13-16-36-26)25(32)18-35-21-9-7-20(29)8-10-21/h3-10,13,16,19,25H,11-12,14-15,17-18H2,1-2H3. The first-order valence-electron chi connectivity index (χ1n) is 12.1. The first kappa shape index (κ1) is 26.2. The topological polar surface area (TPSA) is 49.9 Å². The monoisotopic (exact) mass is 528 g/mol. The number of thiophene rings is 1. The molecule has 4 rings (SSSR count). The Labute approximate surface area is 220 Å². The Bertz CT molecular complexity index is 1200. The second kappa shape index (κ2) is 11.9. The molecular weight excluding hydrogens is 499 g/mol. The van der Waals surface area contributed by atoms with Crippen LogP contribution in [0, 0.1) is 11.7 Å². The van der Waals surface area contributed by atoms with Crippen molar-refractivity contribution in [2.75, 3.05) is 26.2 Å². The van der Waals surface area contributed by atoms with Gasteiger partial charge in [-0.1, -0.05) is 37.6 Å². The number of hydrogen-bond acceptors (Lipinski definition) is 4. The molecule has 190 valence electrons. The third-order valence-corrected chi connectivity index (χ3v) is 7.58. The molecule has 36 heavy (non-hydrogen) atoms. The van der Waals surface area contributed by atoms with Crippen molar-refractivity contribution in [1.82, 2.24) is 9.80 Å². The van der Waals surface area contributed by atoms with Gasteiger partial charge >= 0.3 is 0 Å². The molecule has 0 saturated heterocycles. The van der Waals surface area contributed by atoms with Crippen LogP contribution in [0.5, 0.6) is 5.75 Å². The summed E-state index contributed by atoms with van der Waals surface area (Å²) in [6.45, 7) is 5.19. The lowest BCUT2D eigenvalue weighted by Crippen LogP contribution is -2.48. The first-order chi connectivity index (χ1) is 17.3. The van der Waals surface area contributed by atoms with Crippen LogP contribution in [0.2, 0.25) is 5.02 Å². The van der Waals surface area contributed by atoms with Gasteiger partial charge in [-0.05, 0) is 72.2 Å². The number of carbonyl (C=O) groups excluding carboxylic acids is 2. The number of nitrogens with zero attached hydrogens (tertiary/aromatic N) is 2. The van der Waals surface area contributed by atoms with E-state index in [0.717, 1.165) is 12.0 Å². The van der Waals surface area contributed by atoms with Crippen LogP contribution in [0.15, 0.2) is 60.0 Å². The summed E-state index contributed by atoms with van der Waals surface area (Å²) in [6, 6.07) is 14.8. The molecule has 0 saturated carbocycles. The maximum absolute atomic E-state index is 14.4. The second-order valence-corrected chi connectivity index (χ2v) is 10.7. The molecular formula is C28H30ClFN2O3S. The van der Waals surface area contributed by atoms with Crippen molar-refractivity contribution in [2.45, 2.75) is 32.7 Å². The number of amides is 2. The van der Waals surface area contributed by atoms with Crippen LogP contribution in [0.3, 0.4) is 0 Å². The molecule has 2 heterocycles. The Morgan fingerprint density at radius 2 is 1.92 bits per heavy atom. The van der Waals surface area contributed by atoms with E-state index >= 15 is 0 Å². The molecule has 0 radical (unpaired) electrons. The van der Waals surface area contributed by atoms with Gasteiger partial charge in [-0.2, -0.15) is 0 Å². The smallest absolute Gasteiger partial charge is 0.257 e. The maximum Gasteiger partial charge on any atom is 0.257 e. The molecule has 1 aliphatic heterocycles. The van der Waals surface area contributed by atoms with E-state index in [1.807, 2.05) is 11.4 Å². The van der Waals surface area contributed by atoms with Gasteiger partial charge in [0.05, 0.1) is 11.6 Å². The van der Waals surface area contributed by atoms with Gasteiger partial charge in [0.25, 0.3) is 5.91 Å². The number of rotatable bonds is 9. The number of fused-ring (bicyclic) bond motifs is 1. The highest BCUT2D eigenvalue weighted by Gasteiger charge is 2.34. The van der Waals surface area contributed by atoms with E-state index < -0.39 is 11.7 Å². The molecule has 1 unspecified atom stereocenters. The summed E-state index contributed by atoms with van der Waals surface area (Å²) in [5, 5.41) is 2.66. The van der Waals surface area contributed by atoms with E-state index in [-0.39, 0.29) is 30.7 Å². The molecule has 3 aromatic rings. The minimum atomic E-state index is -0.584. The number of ether oxygens (including phenoxy) is 1. The molecule has 1 aromatic heterocycles. The molecule has 0 spiro atoms. The lowest BCUT2D eigenvalue weighted by Gasteiger charge is -2.37. The Balaban J connectivity index is 1.54. The lowest BCUT2D eigenvalue weighted by atomic mass is 10.00. The summed E-state index contributed by atoms with van der Waals surface area (Å²) in [5.41, 5.74) is 1.05. The second-order valence-electron chi connectivity index (χ2n) is 9.31. The van der Waals surface area contributed by atoms with Crippen LogP contribution in [-0.2, 0) is 11.2 Å². The molecule has 1 atom stereocenters. The highest BCUT2D eigenvalue weighted by atomic mass is 35.5. The first-order valence-corrected chi connectivity index (χ1v) is 13.4. The quantitative estimate of drug-likeness (QED) is 0.330. The van der Waals surface area contributed by atoms with Crippen molar-refractivity contribution < 1.29 is 18.7 Å². The molecule has 0 N–H and O–H groups in total. The van der Waals surface area contributed by atoms with E-state index in [2.05, 4.69) is 13.8 Å². The summed E-state index contributed by atoms with van der Waals surface area (Å²) >= 11 is 7.67. The Kier molecular flexibility index (Phi) is 8.64. The van der Waals surface area contributed by atoms with Crippen LogP contribution >= 0.6 is 22.9 Å². The predicted octanol–water partition coefficient (Wildman–Crippen LogP) is 6.23. The maximum atomic E-state index is 14.4. The van der Waals surface area contributed by atoms with Crippen LogP contribution in [0.4, 0.5) is 4.39 Å². The molecule has 0 aliphatic carbocycles. The van der Waals surface area contributed by atoms with Crippen LogP contribution in [0.25, 0.3) is 0 Å². The van der Waals surface area contributed by atoms with E-state index in [0.29, 0.717) is 36.2 Å². The predicted molar refractivity (Wildman–Crippen MR) is 141 cm³/mol. The molecule has 2 aromatic carbocycles. The Hall–Kier alpha value is -2.90. The van der Waals surface area contributed by atoms with Gasteiger partial charge in [-0.25, -0.2) is 4.39 Å². The van der Waals surface area contributed by atoms with Crippen molar-refractivity contribution in [3.05, 3.63) is 86.8 Å². The minimum absolute atomic E-state index is 0.0181. The third-order valence-electron chi connectivity index (χ3n) is 6.33. The summed E-state index contributed by atoms with van der Waals surface area (Å²) < 4.78 is 20.4. The highest BCUT2D eigenvalue weighted by Crippen LogP contribution is 2.34. The van der Waals surface area contributed by atoms with Crippen LogP contribution < -0.4 is 4.74 Å². The van der Waals surface area contributed by atoms with Gasteiger partial charge in [0.2, 0.25) is 5.91 Å². The fourth-order valence-electron chi connectivity index (χ4n) is 4.31. The summed E-state index contributed by atoms with van der Waals surface area (Å²) in [4.78, 5) is 31.4. The van der Waals surface area contributed by atoms with Crippen LogP contribution in [-0.4, -0.2) is 47.9 Å². The third kappa shape index (κ3) is 6.26. The molecule has 0 fully saturated rings.